The first kappa shape index (κ1) is 14.1. The SMILES string of the molecule is C[C@@H](Sc1nnc(-c2ccc(F)cc2)o1)C(=O)NC1CC1. The molecule has 0 saturated heterocycles. The van der Waals surface area contributed by atoms with Gasteiger partial charge in [0.15, 0.2) is 0 Å². The highest BCUT2D eigenvalue weighted by molar-refractivity contribution is 8.00. The quantitative estimate of drug-likeness (QED) is 0.860. The van der Waals surface area contributed by atoms with Gasteiger partial charge in [-0.05, 0) is 44.0 Å². The van der Waals surface area contributed by atoms with Crippen molar-refractivity contribution in [1.29, 1.82) is 0 Å². The molecule has 0 unspecified atom stereocenters. The Hall–Kier alpha value is -1.89. The summed E-state index contributed by atoms with van der Waals surface area (Å²) in [5.74, 6) is -0.0328. The second kappa shape index (κ2) is 5.85. The summed E-state index contributed by atoms with van der Waals surface area (Å²) in [5.41, 5.74) is 0.644. The Morgan fingerprint density at radius 2 is 2.10 bits per heavy atom. The van der Waals surface area contributed by atoms with E-state index in [0.29, 0.717) is 22.7 Å². The Bertz CT molecular complexity index is 640. The largest absolute Gasteiger partial charge is 0.411 e. The number of nitrogens with one attached hydrogen (secondary N) is 1. The first-order chi connectivity index (χ1) is 10.1. The van der Waals surface area contributed by atoms with Gasteiger partial charge in [0.2, 0.25) is 11.8 Å². The molecule has 7 heteroatoms. The van der Waals surface area contributed by atoms with Crippen LogP contribution < -0.4 is 5.32 Å². The number of amides is 1. The van der Waals surface area contributed by atoms with E-state index in [1.54, 1.807) is 19.1 Å². The minimum absolute atomic E-state index is 0.0240. The van der Waals surface area contributed by atoms with Crippen molar-refractivity contribution in [3.05, 3.63) is 30.1 Å². The third-order valence-corrected chi connectivity index (χ3v) is 4.00. The standard InChI is InChI=1S/C14H14FN3O2S/c1-8(12(19)16-11-6-7-11)21-14-18-17-13(20-14)9-2-4-10(15)5-3-9/h2-5,8,11H,6-7H2,1H3,(H,16,19)/t8-/m1/s1. The van der Waals surface area contributed by atoms with Crippen LogP contribution in [0.15, 0.2) is 33.9 Å². The Labute approximate surface area is 125 Å². The van der Waals surface area contributed by atoms with Crippen molar-refractivity contribution in [2.24, 2.45) is 0 Å². The van der Waals surface area contributed by atoms with Gasteiger partial charge in [0.25, 0.3) is 5.22 Å². The van der Waals surface area contributed by atoms with Crippen molar-refractivity contribution in [1.82, 2.24) is 15.5 Å². The van der Waals surface area contributed by atoms with Crippen LogP contribution in [0.4, 0.5) is 4.39 Å². The van der Waals surface area contributed by atoms with Crippen LogP contribution in [0.25, 0.3) is 11.5 Å². The molecule has 0 radical (unpaired) electrons. The van der Waals surface area contributed by atoms with Crippen molar-refractivity contribution in [3.63, 3.8) is 0 Å². The van der Waals surface area contributed by atoms with Gasteiger partial charge in [-0.1, -0.05) is 11.8 Å². The lowest BCUT2D eigenvalue weighted by molar-refractivity contribution is -0.120. The van der Waals surface area contributed by atoms with E-state index in [-0.39, 0.29) is 17.0 Å². The molecule has 0 aliphatic heterocycles. The Balaban J connectivity index is 1.64. The van der Waals surface area contributed by atoms with Crippen molar-refractivity contribution in [3.8, 4) is 11.5 Å². The molecule has 1 amide bonds. The average Bonchev–Trinajstić information content (AvgIpc) is 3.16. The molecule has 1 N–H and O–H groups in total. The smallest absolute Gasteiger partial charge is 0.277 e. The number of benzene rings is 1. The Morgan fingerprint density at radius 3 is 2.76 bits per heavy atom. The third kappa shape index (κ3) is 3.60. The van der Waals surface area contributed by atoms with Crippen LogP contribution in [0.2, 0.25) is 0 Å². The Kier molecular flexibility index (Phi) is 3.92. The van der Waals surface area contributed by atoms with Crippen molar-refractivity contribution >= 4 is 17.7 Å². The summed E-state index contributed by atoms with van der Waals surface area (Å²) in [7, 11) is 0. The second-order valence-corrected chi connectivity index (χ2v) is 6.22. The highest BCUT2D eigenvalue weighted by atomic mass is 32.2. The maximum atomic E-state index is 12.9. The van der Waals surface area contributed by atoms with Gasteiger partial charge >= 0.3 is 0 Å². The lowest BCUT2D eigenvalue weighted by atomic mass is 10.2. The van der Waals surface area contributed by atoms with E-state index in [4.69, 9.17) is 4.42 Å². The minimum atomic E-state index is -0.321. The van der Waals surface area contributed by atoms with Crippen LogP contribution >= 0.6 is 11.8 Å². The summed E-state index contributed by atoms with van der Waals surface area (Å²) in [4.78, 5) is 11.8. The molecule has 1 aliphatic carbocycles. The van der Waals surface area contributed by atoms with E-state index in [1.807, 2.05) is 0 Å². The number of hydrogen-bond acceptors (Lipinski definition) is 5. The molecule has 1 fully saturated rings. The summed E-state index contributed by atoms with van der Waals surface area (Å²) in [6.45, 7) is 1.80. The average molecular weight is 307 g/mol. The topological polar surface area (TPSA) is 68.0 Å². The summed E-state index contributed by atoms with van der Waals surface area (Å²) in [5, 5.41) is 10.8. The molecule has 1 atom stereocenters. The van der Waals surface area contributed by atoms with E-state index < -0.39 is 0 Å². The lowest BCUT2D eigenvalue weighted by Crippen LogP contribution is -2.32. The molecule has 0 bridgehead atoms. The summed E-state index contributed by atoms with van der Waals surface area (Å²) in [6.07, 6.45) is 2.11. The Morgan fingerprint density at radius 1 is 1.38 bits per heavy atom. The summed E-state index contributed by atoms with van der Waals surface area (Å²) >= 11 is 1.21. The highest BCUT2D eigenvalue weighted by Gasteiger charge is 2.27. The predicted molar refractivity (Wildman–Crippen MR) is 76.2 cm³/mol. The van der Waals surface area contributed by atoms with E-state index in [2.05, 4.69) is 15.5 Å². The molecule has 0 spiro atoms. The van der Waals surface area contributed by atoms with E-state index in [0.717, 1.165) is 12.8 Å². The van der Waals surface area contributed by atoms with Gasteiger partial charge in [-0.2, -0.15) is 0 Å². The van der Waals surface area contributed by atoms with Crippen LogP contribution in [-0.2, 0) is 4.79 Å². The van der Waals surface area contributed by atoms with E-state index in [9.17, 15) is 9.18 Å². The van der Waals surface area contributed by atoms with Gasteiger partial charge in [0, 0.05) is 11.6 Å². The van der Waals surface area contributed by atoms with Crippen LogP contribution in [0.1, 0.15) is 19.8 Å². The summed E-state index contributed by atoms with van der Waals surface area (Å²) < 4.78 is 18.4. The lowest BCUT2D eigenvalue weighted by Gasteiger charge is -2.08. The number of carbonyl (C=O) groups is 1. The number of rotatable bonds is 5. The van der Waals surface area contributed by atoms with Crippen molar-refractivity contribution in [2.45, 2.75) is 36.3 Å². The molecule has 21 heavy (non-hydrogen) atoms. The maximum Gasteiger partial charge on any atom is 0.277 e. The fourth-order valence-corrected chi connectivity index (χ4v) is 2.41. The molecule has 110 valence electrons. The molecule has 1 saturated carbocycles. The number of aromatic nitrogens is 2. The van der Waals surface area contributed by atoms with Gasteiger partial charge in [-0.25, -0.2) is 4.39 Å². The molecule has 5 nitrogen and oxygen atoms in total. The monoisotopic (exact) mass is 307 g/mol. The first-order valence-electron chi connectivity index (χ1n) is 6.68. The molecular formula is C14H14FN3O2S. The maximum absolute atomic E-state index is 12.9. The molecule has 3 rings (SSSR count). The summed E-state index contributed by atoms with van der Waals surface area (Å²) in [6, 6.07) is 6.13. The van der Waals surface area contributed by atoms with E-state index in [1.165, 1.54) is 23.9 Å². The fourth-order valence-electron chi connectivity index (χ4n) is 1.72. The van der Waals surface area contributed by atoms with Gasteiger partial charge in [-0.3, -0.25) is 4.79 Å². The molecule has 2 aromatic rings. The second-order valence-electron chi connectivity index (χ2n) is 4.92. The van der Waals surface area contributed by atoms with E-state index >= 15 is 0 Å². The number of nitrogens with zero attached hydrogens (tertiary/aromatic N) is 2. The third-order valence-electron chi connectivity index (χ3n) is 3.07. The van der Waals surface area contributed by atoms with Crippen LogP contribution in [0.3, 0.4) is 0 Å². The highest BCUT2D eigenvalue weighted by Crippen LogP contribution is 2.27. The molecule has 1 aliphatic rings. The van der Waals surface area contributed by atoms with Crippen LogP contribution in [0.5, 0.6) is 0 Å². The zero-order valence-corrected chi connectivity index (χ0v) is 12.2. The molecule has 1 aromatic heterocycles. The zero-order valence-electron chi connectivity index (χ0n) is 11.4. The molecule has 1 aromatic carbocycles. The fraction of sp³-hybridized carbons (Fsp3) is 0.357. The predicted octanol–water partition coefficient (Wildman–Crippen LogP) is 2.63. The first-order valence-corrected chi connectivity index (χ1v) is 7.56. The molecule has 1 heterocycles. The van der Waals surface area contributed by atoms with Gasteiger partial charge in [0.1, 0.15) is 5.82 Å². The van der Waals surface area contributed by atoms with Gasteiger partial charge in [0.05, 0.1) is 5.25 Å². The van der Waals surface area contributed by atoms with Gasteiger partial charge in [-0.15, -0.1) is 10.2 Å². The number of hydrogen-bond donors (Lipinski definition) is 1. The van der Waals surface area contributed by atoms with Crippen LogP contribution in [-0.4, -0.2) is 27.4 Å². The number of thioether (sulfide) groups is 1. The van der Waals surface area contributed by atoms with Crippen molar-refractivity contribution in [2.75, 3.05) is 0 Å². The van der Waals surface area contributed by atoms with Gasteiger partial charge < -0.3 is 9.73 Å². The minimum Gasteiger partial charge on any atom is -0.411 e. The normalized spacial score (nSPS) is 15.7. The zero-order chi connectivity index (χ0) is 14.8. The van der Waals surface area contributed by atoms with Crippen LogP contribution in [0, 0.1) is 5.82 Å². The molecular weight excluding hydrogens is 293 g/mol. The van der Waals surface area contributed by atoms with Crippen molar-refractivity contribution < 1.29 is 13.6 Å². The number of halogens is 1. The number of carbonyl (C=O) groups excluding carboxylic acids is 1.